The minimum Gasteiger partial charge on any atom is -0.346 e. The van der Waals surface area contributed by atoms with Crippen molar-refractivity contribution in [3.8, 4) is 0 Å². The van der Waals surface area contributed by atoms with Crippen LogP contribution in [0.15, 0.2) is 12.7 Å². The number of Topliss-reactive ketones (excluding diaryl/α,β-unsaturated/α-hetero) is 1. The summed E-state index contributed by atoms with van der Waals surface area (Å²) in [6.45, 7) is 24.1. The minimum absolute atomic E-state index is 0.0927. The number of nitrogens with zero attached hydrogens (tertiary/aromatic N) is 2. The van der Waals surface area contributed by atoms with Crippen LogP contribution in [0.2, 0.25) is 0 Å². The summed E-state index contributed by atoms with van der Waals surface area (Å²) in [5, 5.41) is 10.5. The molecule has 0 aromatic carbocycles. The Labute approximate surface area is 297 Å². The lowest BCUT2D eigenvalue weighted by atomic mass is 9.84. The van der Waals surface area contributed by atoms with Gasteiger partial charge in [-0.1, -0.05) is 81.2 Å². The molecule has 278 valence electrons. The predicted octanol–water partition coefficient (Wildman–Crippen LogP) is 1.37. The van der Waals surface area contributed by atoms with Crippen molar-refractivity contribution in [3.05, 3.63) is 12.7 Å². The van der Waals surface area contributed by atoms with Crippen LogP contribution in [0.1, 0.15) is 88.0 Å². The van der Waals surface area contributed by atoms with Crippen molar-refractivity contribution in [1.82, 2.24) is 30.5 Å². The summed E-state index contributed by atoms with van der Waals surface area (Å²) in [4.78, 5) is 71.3. The molecule has 6 N–H and O–H groups in total. The van der Waals surface area contributed by atoms with Crippen LogP contribution in [0.4, 0.5) is 4.79 Å². The number of hydrogen-bond donors (Lipinski definition) is 5. The van der Waals surface area contributed by atoms with Crippen LogP contribution in [-0.2, 0) is 35.2 Å². The fourth-order valence-electron chi connectivity index (χ4n) is 7.07. The number of urea groups is 1. The van der Waals surface area contributed by atoms with E-state index in [2.05, 4.69) is 67.2 Å². The first-order valence-corrected chi connectivity index (χ1v) is 18.4. The number of carbonyl (C=O) groups excluding carboxylic acids is 5. The number of carbonyl (C=O) groups is 5. The smallest absolute Gasteiger partial charge is 0.346 e. The molecule has 1 aliphatic carbocycles. The first kappa shape index (κ1) is 42.2. The SMILES string of the molecule is C=CCNC(=O)C(=O)C(CCCC)NC(=O)[C@@H]1[C@@H]2[C@H](CN1C(=O)[C@@H](NC(=O)N(C)[C@H](C[NH2+]CCCN[S+]=O)C(C)(C)C)C(C)(C)C)C2(C)C. The van der Waals surface area contributed by atoms with Crippen LogP contribution in [0.5, 0.6) is 0 Å². The molecule has 1 aliphatic heterocycles. The molecular formula is C35H63N7O6S+2. The predicted molar refractivity (Wildman–Crippen MR) is 191 cm³/mol. The highest BCUT2D eigenvalue weighted by Crippen LogP contribution is 2.65. The van der Waals surface area contributed by atoms with Gasteiger partial charge in [0.15, 0.2) is 0 Å². The highest BCUT2D eigenvalue weighted by molar-refractivity contribution is 7.63. The number of unbranched alkanes of at least 4 members (excludes halogenated alkanes) is 1. The normalized spacial score (nSPS) is 21.4. The Morgan fingerprint density at radius 3 is 2.27 bits per heavy atom. The summed E-state index contributed by atoms with van der Waals surface area (Å²) in [5.41, 5.74) is -1.12. The zero-order valence-electron chi connectivity index (χ0n) is 31.4. The molecule has 49 heavy (non-hydrogen) atoms. The number of nitrogens with one attached hydrogen (secondary N) is 4. The Hall–Kier alpha value is -2.97. The van der Waals surface area contributed by atoms with E-state index in [1.165, 1.54) is 6.08 Å². The maximum atomic E-state index is 14.5. The summed E-state index contributed by atoms with van der Waals surface area (Å²) in [6, 6.07) is -3.33. The fraction of sp³-hybridized carbons (Fsp3) is 0.800. The second-order valence-electron chi connectivity index (χ2n) is 16.3. The molecule has 13 nitrogen and oxygen atoms in total. The van der Waals surface area contributed by atoms with Crippen molar-refractivity contribution in [3.63, 3.8) is 0 Å². The third-order valence-electron chi connectivity index (χ3n) is 10.2. The standard InChI is InChI=1S/C35H61N7O6S/c1-12-14-16-23(27(43)30(45)37-17-13-2)39-29(44)26-25-22(35(25,9)10)21-42(26)31(46)28(34(6,7)8)40-32(47)41(11)24(33(3,4)5)20-36-18-15-19-38-49-48/h13,22-26,28,36H,2,12,14-21H2,1,3-11H3,(H3-,37,38,39,40,44,45,47,48)/p+2/t22-,23?,24+,25-,26-,28+/m0/s1. The van der Waals surface area contributed by atoms with E-state index >= 15 is 0 Å². The molecule has 14 heteroatoms. The Kier molecular flexibility index (Phi) is 15.3. The summed E-state index contributed by atoms with van der Waals surface area (Å²) in [7, 11) is 1.74. The third-order valence-corrected chi connectivity index (χ3v) is 10.5. The Morgan fingerprint density at radius 1 is 1.06 bits per heavy atom. The van der Waals surface area contributed by atoms with Crippen LogP contribution in [0.25, 0.3) is 0 Å². The van der Waals surface area contributed by atoms with Crippen molar-refractivity contribution >= 4 is 41.4 Å². The average molecular weight is 710 g/mol. The van der Waals surface area contributed by atoms with Crippen molar-refractivity contribution in [1.29, 1.82) is 0 Å². The number of amides is 5. The molecule has 1 saturated heterocycles. The number of likely N-dealkylation sites (N-methyl/N-ethyl adjacent to an activating group) is 1. The van der Waals surface area contributed by atoms with Gasteiger partial charge in [0, 0.05) is 26.6 Å². The van der Waals surface area contributed by atoms with E-state index in [-0.39, 0.29) is 47.2 Å². The molecule has 5 amide bonds. The van der Waals surface area contributed by atoms with Crippen molar-refractivity contribution < 1.29 is 33.5 Å². The molecule has 0 aromatic rings. The lowest BCUT2D eigenvalue weighted by Gasteiger charge is -2.40. The first-order valence-electron chi connectivity index (χ1n) is 17.7. The largest absolute Gasteiger partial charge is 0.587 e. The number of likely N-dealkylation sites (tertiary alicyclic amines) is 1. The van der Waals surface area contributed by atoms with Gasteiger partial charge in [0.05, 0.1) is 35.9 Å². The quantitative estimate of drug-likeness (QED) is 0.0446. The lowest BCUT2D eigenvalue weighted by molar-refractivity contribution is -0.660. The Balaban J connectivity index is 2.30. The molecule has 1 unspecified atom stereocenters. The third kappa shape index (κ3) is 11.0. The number of fused-ring (bicyclic) bond motifs is 1. The topological polar surface area (TPSA) is 174 Å². The van der Waals surface area contributed by atoms with E-state index in [1.54, 1.807) is 16.8 Å². The van der Waals surface area contributed by atoms with Gasteiger partial charge in [-0.3, -0.25) is 19.2 Å². The van der Waals surface area contributed by atoms with Crippen molar-refractivity contribution in [2.45, 2.75) is 112 Å². The molecule has 0 radical (unpaired) electrons. The average Bonchev–Trinajstić information content (AvgIpc) is 3.33. The maximum Gasteiger partial charge on any atom is 0.587 e. The lowest BCUT2D eigenvalue weighted by Crippen LogP contribution is -2.88. The second-order valence-corrected chi connectivity index (χ2v) is 16.8. The van der Waals surface area contributed by atoms with Crippen LogP contribution < -0.4 is 26.0 Å². The molecule has 2 fully saturated rings. The maximum absolute atomic E-state index is 14.5. The van der Waals surface area contributed by atoms with Gasteiger partial charge < -0.3 is 31.1 Å². The molecule has 2 aliphatic rings. The number of rotatable bonds is 19. The molecule has 1 heterocycles. The van der Waals surface area contributed by atoms with Crippen molar-refractivity contribution in [2.75, 3.05) is 39.8 Å². The highest BCUT2D eigenvalue weighted by atomic mass is 32.2. The van der Waals surface area contributed by atoms with Crippen molar-refractivity contribution in [2.24, 2.45) is 28.1 Å². The van der Waals surface area contributed by atoms with E-state index in [1.807, 2.05) is 27.7 Å². The molecule has 6 atom stereocenters. The summed E-state index contributed by atoms with van der Waals surface area (Å²) >= 11 is 0.352. The summed E-state index contributed by atoms with van der Waals surface area (Å²) in [6.07, 6.45) is 3.99. The number of nitrogens with two attached hydrogens (primary N) is 1. The number of hydrogen-bond acceptors (Lipinski definition) is 6. The van der Waals surface area contributed by atoms with Gasteiger partial charge in [-0.2, -0.15) is 0 Å². The molecular weight excluding hydrogens is 646 g/mol. The number of ketones is 1. The van der Waals surface area contributed by atoms with Gasteiger partial charge in [0.1, 0.15) is 12.1 Å². The van der Waals surface area contributed by atoms with E-state index < -0.39 is 41.1 Å². The first-order chi connectivity index (χ1) is 22.7. The van der Waals surface area contributed by atoms with Crippen LogP contribution in [0.3, 0.4) is 0 Å². The van der Waals surface area contributed by atoms with Crippen LogP contribution in [-0.4, -0.2) is 103 Å². The zero-order valence-corrected chi connectivity index (χ0v) is 32.3. The van der Waals surface area contributed by atoms with Gasteiger partial charge in [-0.05, 0) is 39.2 Å². The molecule has 0 spiro atoms. The zero-order chi connectivity index (χ0) is 37.3. The van der Waals surface area contributed by atoms with E-state index in [0.717, 1.165) is 19.4 Å². The summed E-state index contributed by atoms with van der Waals surface area (Å²) < 4.78 is 13.3. The molecule has 0 bridgehead atoms. The van der Waals surface area contributed by atoms with E-state index in [0.29, 0.717) is 44.3 Å². The number of piperidine rings is 1. The minimum atomic E-state index is -1.02. The van der Waals surface area contributed by atoms with Crippen LogP contribution >= 0.6 is 0 Å². The van der Waals surface area contributed by atoms with Gasteiger partial charge >= 0.3 is 17.9 Å². The number of quaternary nitrogens is 1. The van der Waals surface area contributed by atoms with Gasteiger partial charge in [-0.25, -0.2) is 4.79 Å². The second kappa shape index (κ2) is 17.8. The fourth-order valence-corrected chi connectivity index (χ4v) is 7.30. The monoisotopic (exact) mass is 709 g/mol. The van der Waals surface area contributed by atoms with Gasteiger partial charge in [-0.15, -0.1) is 6.58 Å². The molecule has 0 aromatic heterocycles. The van der Waals surface area contributed by atoms with E-state index in [9.17, 15) is 28.2 Å². The highest BCUT2D eigenvalue weighted by Gasteiger charge is 2.70. The molecule has 1 saturated carbocycles. The van der Waals surface area contributed by atoms with Crippen LogP contribution in [0, 0.1) is 28.1 Å². The van der Waals surface area contributed by atoms with E-state index in [4.69, 9.17) is 0 Å². The van der Waals surface area contributed by atoms with Gasteiger partial charge in [0.25, 0.3) is 5.91 Å². The Bertz CT molecular complexity index is 1210. The Morgan fingerprint density at radius 2 is 1.71 bits per heavy atom. The summed E-state index contributed by atoms with van der Waals surface area (Å²) in [5.74, 6) is -2.34. The molecule has 2 rings (SSSR count). The van der Waals surface area contributed by atoms with Gasteiger partial charge in [0.2, 0.25) is 17.6 Å².